The standard InChI is InChI=1S/C22H30N4O4S/c1-6-9-13-30-20(27)17-14(4)23-21-24-22(31-8-3)25-26(21)18(17)15-11-10-12-16(28-5)19(15)29-7-2/h10-12,18H,6-9,13H2,1-5H3,(H,23,24,25). The molecule has 2 heterocycles. The molecule has 1 aromatic heterocycles. The number of rotatable bonds is 10. The van der Waals surface area contributed by atoms with Crippen LogP contribution >= 0.6 is 11.8 Å². The summed E-state index contributed by atoms with van der Waals surface area (Å²) in [5.41, 5.74) is 1.93. The third kappa shape index (κ3) is 4.81. The van der Waals surface area contributed by atoms with E-state index in [1.165, 1.54) is 0 Å². The number of carbonyl (C=O) groups excluding carboxylic acids is 1. The molecule has 0 fully saturated rings. The van der Waals surface area contributed by atoms with Gasteiger partial charge in [-0.3, -0.25) is 0 Å². The molecular formula is C22H30N4O4S. The lowest BCUT2D eigenvalue weighted by Crippen LogP contribution is -2.30. The van der Waals surface area contributed by atoms with Crippen LogP contribution in [0.25, 0.3) is 0 Å². The first-order valence-corrected chi connectivity index (χ1v) is 11.6. The average molecular weight is 447 g/mol. The topological polar surface area (TPSA) is 87.5 Å². The summed E-state index contributed by atoms with van der Waals surface area (Å²) < 4.78 is 18.8. The van der Waals surface area contributed by atoms with Gasteiger partial charge < -0.3 is 19.5 Å². The summed E-state index contributed by atoms with van der Waals surface area (Å²) in [6.07, 6.45) is 1.76. The van der Waals surface area contributed by atoms with Crippen LogP contribution in [-0.2, 0) is 9.53 Å². The Morgan fingerprint density at radius 2 is 2.10 bits per heavy atom. The van der Waals surface area contributed by atoms with E-state index in [1.54, 1.807) is 23.6 Å². The predicted molar refractivity (Wildman–Crippen MR) is 121 cm³/mol. The predicted octanol–water partition coefficient (Wildman–Crippen LogP) is 4.43. The molecule has 9 heteroatoms. The molecule has 1 aliphatic rings. The molecule has 2 aromatic rings. The number of methoxy groups -OCH3 is 1. The van der Waals surface area contributed by atoms with Crippen molar-refractivity contribution in [2.45, 2.75) is 51.7 Å². The van der Waals surface area contributed by atoms with Crippen LogP contribution in [-0.4, -0.2) is 46.8 Å². The summed E-state index contributed by atoms with van der Waals surface area (Å²) >= 11 is 1.54. The fourth-order valence-electron chi connectivity index (χ4n) is 3.47. The summed E-state index contributed by atoms with van der Waals surface area (Å²) in [5.74, 6) is 2.22. The van der Waals surface area contributed by atoms with Gasteiger partial charge in [-0.05, 0) is 32.1 Å². The third-order valence-corrected chi connectivity index (χ3v) is 5.59. The second kappa shape index (κ2) is 10.6. The number of para-hydroxylation sites is 1. The van der Waals surface area contributed by atoms with Crippen molar-refractivity contribution in [2.75, 3.05) is 31.4 Å². The van der Waals surface area contributed by atoms with E-state index in [2.05, 4.69) is 22.3 Å². The van der Waals surface area contributed by atoms with E-state index in [1.807, 2.05) is 39.0 Å². The Labute approximate surface area is 187 Å². The minimum Gasteiger partial charge on any atom is -0.493 e. The number of nitrogens with zero attached hydrogens (tertiary/aromatic N) is 3. The van der Waals surface area contributed by atoms with Crippen molar-refractivity contribution in [3.8, 4) is 11.5 Å². The maximum Gasteiger partial charge on any atom is 0.338 e. The maximum absolute atomic E-state index is 13.2. The van der Waals surface area contributed by atoms with Gasteiger partial charge in [0.15, 0.2) is 11.5 Å². The summed E-state index contributed by atoms with van der Waals surface area (Å²) in [6.45, 7) is 8.70. The van der Waals surface area contributed by atoms with E-state index in [0.29, 0.717) is 47.1 Å². The van der Waals surface area contributed by atoms with Crippen LogP contribution in [0.1, 0.15) is 52.1 Å². The highest BCUT2D eigenvalue weighted by Gasteiger charge is 2.37. The normalized spacial score (nSPS) is 15.3. The van der Waals surface area contributed by atoms with Crippen LogP contribution in [0.15, 0.2) is 34.6 Å². The highest BCUT2D eigenvalue weighted by atomic mass is 32.2. The lowest BCUT2D eigenvalue weighted by Gasteiger charge is -2.29. The van der Waals surface area contributed by atoms with E-state index in [9.17, 15) is 4.79 Å². The van der Waals surface area contributed by atoms with E-state index in [-0.39, 0.29) is 5.97 Å². The number of aromatic nitrogens is 3. The summed E-state index contributed by atoms with van der Waals surface area (Å²) in [4.78, 5) is 17.8. The number of ether oxygens (including phenoxy) is 3. The first kappa shape index (κ1) is 23.0. The Kier molecular flexibility index (Phi) is 7.84. The third-order valence-electron chi connectivity index (χ3n) is 4.87. The highest BCUT2D eigenvalue weighted by Crippen LogP contribution is 2.43. The first-order chi connectivity index (χ1) is 15.0. The number of unbranched alkanes of at least 4 members (excludes halogenated alkanes) is 1. The van der Waals surface area contributed by atoms with E-state index in [4.69, 9.17) is 14.2 Å². The fourth-order valence-corrected chi connectivity index (χ4v) is 4.02. The Bertz CT molecular complexity index is 957. The van der Waals surface area contributed by atoms with Crippen molar-refractivity contribution >= 4 is 23.7 Å². The second-order valence-electron chi connectivity index (χ2n) is 6.96. The number of fused-ring (bicyclic) bond motifs is 1. The quantitative estimate of drug-likeness (QED) is 0.326. The lowest BCUT2D eigenvalue weighted by molar-refractivity contribution is -0.139. The number of carbonyl (C=O) groups is 1. The van der Waals surface area contributed by atoms with Gasteiger partial charge in [0, 0.05) is 11.3 Å². The molecule has 31 heavy (non-hydrogen) atoms. The number of hydrogen-bond acceptors (Lipinski definition) is 8. The molecule has 1 aromatic carbocycles. The van der Waals surface area contributed by atoms with Crippen LogP contribution < -0.4 is 14.8 Å². The molecule has 0 radical (unpaired) electrons. The molecule has 1 unspecified atom stereocenters. The van der Waals surface area contributed by atoms with Gasteiger partial charge in [0.2, 0.25) is 11.1 Å². The van der Waals surface area contributed by atoms with Crippen LogP contribution in [0, 0.1) is 0 Å². The fraction of sp³-hybridized carbons (Fsp3) is 0.500. The van der Waals surface area contributed by atoms with Gasteiger partial charge in [0.05, 0.1) is 25.9 Å². The number of nitrogens with one attached hydrogen (secondary N) is 1. The number of anilines is 1. The van der Waals surface area contributed by atoms with Gasteiger partial charge >= 0.3 is 5.97 Å². The van der Waals surface area contributed by atoms with Crippen molar-refractivity contribution in [2.24, 2.45) is 0 Å². The number of thioether (sulfide) groups is 1. The summed E-state index contributed by atoms with van der Waals surface area (Å²) in [7, 11) is 1.60. The van der Waals surface area contributed by atoms with E-state index >= 15 is 0 Å². The lowest BCUT2D eigenvalue weighted by atomic mass is 9.94. The molecule has 168 valence electrons. The Balaban J connectivity index is 2.16. The Morgan fingerprint density at radius 1 is 1.29 bits per heavy atom. The van der Waals surface area contributed by atoms with Crippen molar-refractivity contribution in [3.05, 3.63) is 35.0 Å². The molecule has 0 saturated heterocycles. The zero-order valence-corrected chi connectivity index (χ0v) is 19.5. The van der Waals surface area contributed by atoms with Crippen molar-refractivity contribution in [1.29, 1.82) is 0 Å². The largest absolute Gasteiger partial charge is 0.493 e. The smallest absolute Gasteiger partial charge is 0.338 e. The van der Waals surface area contributed by atoms with Gasteiger partial charge in [-0.25, -0.2) is 9.48 Å². The molecule has 0 amide bonds. The SMILES string of the molecule is CCCCOC(=O)C1=C(C)Nc2nc(SCC)nn2C1c1cccc(OC)c1OCC. The molecule has 0 bridgehead atoms. The van der Waals surface area contributed by atoms with Crippen molar-refractivity contribution in [1.82, 2.24) is 14.8 Å². The average Bonchev–Trinajstić information content (AvgIpc) is 3.15. The van der Waals surface area contributed by atoms with Gasteiger partial charge in [0.1, 0.15) is 6.04 Å². The number of hydrogen-bond donors (Lipinski definition) is 1. The number of benzene rings is 1. The number of allylic oxidation sites excluding steroid dienone is 1. The molecule has 0 saturated carbocycles. The van der Waals surface area contributed by atoms with Crippen molar-refractivity contribution < 1.29 is 19.0 Å². The van der Waals surface area contributed by atoms with E-state index < -0.39 is 6.04 Å². The molecule has 3 rings (SSSR count). The molecule has 1 N–H and O–H groups in total. The van der Waals surface area contributed by atoms with Crippen LogP contribution in [0.4, 0.5) is 5.95 Å². The zero-order chi connectivity index (χ0) is 22.4. The molecule has 1 aliphatic heterocycles. The van der Waals surface area contributed by atoms with Gasteiger partial charge in [-0.2, -0.15) is 4.98 Å². The van der Waals surface area contributed by atoms with Crippen molar-refractivity contribution in [3.63, 3.8) is 0 Å². The van der Waals surface area contributed by atoms with Crippen LogP contribution in [0.5, 0.6) is 11.5 Å². The molecule has 0 spiro atoms. The van der Waals surface area contributed by atoms with Crippen LogP contribution in [0.2, 0.25) is 0 Å². The molecule has 0 aliphatic carbocycles. The van der Waals surface area contributed by atoms with Crippen LogP contribution in [0.3, 0.4) is 0 Å². The van der Waals surface area contributed by atoms with Gasteiger partial charge in [-0.1, -0.05) is 44.2 Å². The summed E-state index contributed by atoms with van der Waals surface area (Å²) in [5, 5.41) is 8.55. The van der Waals surface area contributed by atoms with Gasteiger partial charge in [0.25, 0.3) is 0 Å². The Hall–Kier alpha value is -2.68. The first-order valence-electron chi connectivity index (χ1n) is 10.6. The maximum atomic E-state index is 13.2. The minimum absolute atomic E-state index is 0.371. The second-order valence-corrected chi connectivity index (χ2v) is 8.19. The van der Waals surface area contributed by atoms with Gasteiger partial charge in [-0.15, -0.1) is 5.10 Å². The summed E-state index contributed by atoms with van der Waals surface area (Å²) in [6, 6.07) is 5.09. The highest BCUT2D eigenvalue weighted by molar-refractivity contribution is 7.99. The minimum atomic E-state index is -0.555. The molecule has 1 atom stereocenters. The molecule has 8 nitrogen and oxygen atoms in total. The Morgan fingerprint density at radius 3 is 2.77 bits per heavy atom. The monoisotopic (exact) mass is 446 g/mol. The van der Waals surface area contributed by atoms with E-state index in [0.717, 1.165) is 24.2 Å². The molecular weight excluding hydrogens is 416 g/mol. The number of esters is 1. The zero-order valence-electron chi connectivity index (χ0n) is 18.7.